The molecule has 0 unspecified atom stereocenters. The molecule has 0 saturated carbocycles. The summed E-state index contributed by atoms with van der Waals surface area (Å²) in [4.78, 5) is 13.6. The topological polar surface area (TPSA) is 39.8 Å². The Hall–Kier alpha value is -3.32. The molecular formula is C24H23N3O. The van der Waals surface area contributed by atoms with Crippen LogP contribution in [-0.2, 0) is 7.05 Å². The summed E-state index contributed by atoms with van der Waals surface area (Å²) in [5.74, 6) is 6.54. The minimum Gasteiger partial charge on any atom is -0.281 e. The smallest absolute Gasteiger partial charge is 0.264 e. The normalized spacial score (nSPS) is 13.5. The lowest BCUT2D eigenvalue weighted by Crippen LogP contribution is -2.24. The molecule has 1 aliphatic carbocycles. The molecule has 1 aliphatic rings. The first-order valence-electron chi connectivity index (χ1n) is 9.61. The number of pyridine rings is 1. The Kier molecular flexibility index (Phi) is 4.75. The van der Waals surface area contributed by atoms with Crippen molar-refractivity contribution in [1.82, 2.24) is 14.3 Å². The largest absolute Gasteiger partial charge is 0.281 e. The predicted molar refractivity (Wildman–Crippen MR) is 114 cm³/mol. The molecule has 0 radical (unpaired) electrons. The van der Waals surface area contributed by atoms with Gasteiger partial charge in [0.25, 0.3) is 5.56 Å². The Balaban J connectivity index is 1.97. The molecule has 0 N–H and O–H groups in total. The number of aryl methyl sites for hydroxylation is 1. The first kappa shape index (κ1) is 18.1. The maximum absolute atomic E-state index is 13.6. The van der Waals surface area contributed by atoms with Crippen LogP contribution in [-0.4, -0.2) is 14.3 Å². The third-order valence-electron chi connectivity index (χ3n) is 4.95. The number of nitrogens with zero attached hydrogens (tertiary/aromatic N) is 3. The van der Waals surface area contributed by atoms with Gasteiger partial charge in [0.15, 0.2) is 0 Å². The molecule has 4 nitrogen and oxygen atoms in total. The molecule has 4 heteroatoms. The van der Waals surface area contributed by atoms with Crippen LogP contribution in [0.3, 0.4) is 0 Å². The van der Waals surface area contributed by atoms with Gasteiger partial charge < -0.3 is 0 Å². The zero-order chi connectivity index (χ0) is 19.7. The van der Waals surface area contributed by atoms with Gasteiger partial charge in [0.1, 0.15) is 0 Å². The summed E-state index contributed by atoms with van der Waals surface area (Å²) >= 11 is 0. The third-order valence-corrected chi connectivity index (χ3v) is 4.95. The lowest BCUT2D eigenvalue weighted by Gasteiger charge is -2.19. The van der Waals surface area contributed by atoms with E-state index >= 15 is 0 Å². The maximum atomic E-state index is 13.6. The average molecular weight is 369 g/mol. The second-order valence-electron chi connectivity index (χ2n) is 7.40. The van der Waals surface area contributed by atoms with E-state index in [1.165, 1.54) is 0 Å². The van der Waals surface area contributed by atoms with E-state index in [0.717, 1.165) is 40.7 Å². The molecule has 0 atom stereocenters. The number of fused-ring (bicyclic) bond motifs is 1. The van der Waals surface area contributed by atoms with Crippen LogP contribution < -0.4 is 5.56 Å². The lowest BCUT2D eigenvalue weighted by molar-refractivity contribution is 0.767. The molecule has 0 aliphatic heterocycles. The lowest BCUT2D eigenvalue weighted by atomic mass is 10.0. The van der Waals surface area contributed by atoms with E-state index in [2.05, 4.69) is 49.0 Å². The van der Waals surface area contributed by atoms with Gasteiger partial charge >= 0.3 is 0 Å². The van der Waals surface area contributed by atoms with Crippen LogP contribution in [0.5, 0.6) is 0 Å². The first-order chi connectivity index (χ1) is 13.5. The van der Waals surface area contributed by atoms with Crippen molar-refractivity contribution in [3.63, 3.8) is 0 Å². The van der Waals surface area contributed by atoms with Crippen LogP contribution in [0.4, 0.5) is 0 Å². The maximum Gasteiger partial charge on any atom is 0.264 e. The van der Waals surface area contributed by atoms with Gasteiger partial charge in [0.05, 0.1) is 17.1 Å². The number of hydrogen-bond donors (Lipinski definition) is 0. The van der Waals surface area contributed by atoms with E-state index < -0.39 is 0 Å². The molecule has 3 aromatic rings. The molecule has 0 fully saturated rings. The molecule has 0 bridgehead atoms. The van der Waals surface area contributed by atoms with Crippen molar-refractivity contribution in [1.29, 1.82) is 0 Å². The monoisotopic (exact) mass is 369 g/mol. The average Bonchev–Trinajstić information content (AvgIpc) is 3.11. The van der Waals surface area contributed by atoms with E-state index in [1.54, 1.807) is 10.9 Å². The van der Waals surface area contributed by atoms with Crippen molar-refractivity contribution in [3.8, 4) is 11.8 Å². The van der Waals surface area contributed by atoms with Crippen molar-refractivity contribution in [3.05, 3.63) is 82.1 Å². The summed E-state index contributed by atoms with van der Waals surface area (Å²) < 4.78 is 3.58. The van der Waals surface area contributed by atoms with E-state index in [9.17, 15) is 4.79 Å². The van der Waals surface area contributed by atoms with Crippen molar-refractivity contribution in [2.75, 3.05) is 0 Å². The van der Waals surface area contributed by atoms with Crippen molar-refractivity contribution in [2.24, 2.45) is 7.05 Å². The summed E-state index contributed by atoms with van der Waals surface area (Å²) in [5.41, 5.74) is 3.55. The Morgan fingerprint density at radius 2 is 2.04 bits per heavy atom. The summed E-state index contributed by atoms with van der Waals surface area (Å²) in [6.07, 6.45) is 11.9. The SMILES string of the molecule is CC(C)c1cc2cccc(C#Cc3cnn(C)c3)c2c(=O)n1C1=CCCC=C1. The number of allylic oxidation sites excluding steroid dienone is 4. The minimum atomic E-state index is -0.00455. The standard InChI is InChI=1S/C24H23N3O/c1-17(2)22-14-20-9-7-8-19(13-12-18-15-25-26(3)16-18)23(20)24(28)27(22)21-10-5-4-6-11-21/h5,7-11,14-17H,4,6H2,1-3H3. The zero-order valence-electron chi connectivity index (χ0n) is 16.4. The Morgan fingerprint density at radius 1 is 1.18 bits per heavy atom. The van der Waals surface area contributed by atoms with E-state index in [0.29, 0.717) is 5.39 Å². The molecule has 4 rings (SSSR count). The fourth-order valence-electron chi connectivity index (χ4n) is 3.57. The molecule has 140 valence electrons. The van der Waals surface area contributed by atoms with Crippen LogP contribution in [0, 0.1) is 11.8 Å². The van der Waals surface area contributed by atoms with Gasteiger partial charge in [-0.05, 0) is 42.4 Å². The Morgan fingerprint density at radius 3 is 2.71 bits per heavy atom. The number of benzene rings is 1. The van der Waals surface area contributed by atoms with E-state index in [4.69, 9.17) is 0 Å². The van der Waals surface area contributed by atoms with Crippen LogP contribution in [0.25, 0.3) is 16.5 Å². The second kappa shape index (κ2) is 7.36. The highest BCUT2D eigenvalue weighted by Crippen LogP contribution is 2.25. The van der Waals surface area contributed by atoms with E-state index in [-0.39, 0.29) is 11.5 Å². The fourth-order valence-corrected chi connectivity index (χ4v) is 3.57. The Labute approximate surface area is 164 Å². The molecule has 1 aromatic carbocycles. The molecule has 2 heterocycles. The molecular weight excluding hydrogens is 346 g/mol. The molecule has 0 spiro atoms. The van der Waals surface area contributed by atoms with Crippen LogP contribution in [0.15, 0.2) is 59.7 Å². The van der Waals surface area contributed by atoms with Crippen molar-refractivity contribution < 1.29 is 0 Å². The predicted octanol–water partition coefficient (Wildman–Crippen LogP) is 4.45. The minimum absolute atomic E-state index is 0.00455. The van der Waals surface area contributed by atoms with Gasteiger partial charge in [-0.3, -0.25) is 14.0 Å². The summed E-state index contributed by atoms with van der Waals surface area (Å²) in [7, 11) is 1.86. The van der Waals surface area contributed by atoms with Gasteiger partial charge in [-0.15, -0.1) is 0 Å². The van der Waals surface area contributed by atoms with Gasteiger partial charge in [0, 0.05) is 30.2 Å². The zero-order valence-corrected chi connectivity index (χ0v) is 16.4. The van der Waals surface area contributed by atoms with Crippen molar-refractivity contribution in [2.45, 2.75) is 32.6 Å². The van der Waals surface area contributed by atoms with Crippen LogP contribution in [0.1, 0.15) is 49.4 Å². The van der Waals surface area contributed by atoms with Gasteiger partial charge in [-0.2, -0.15) is 5.10 Å². The highest BCUT2D eigenvalue weighted by atomic mass is 16.1. The third kappa shape index (κ3) is 3.32. The number of rotatable bonds is 2. The summed E-state index contributed by atoms with van der Waals surface area (Å²) in [6.45, 7) is 4.24. The molecule has 2 aromatic heterocycles. The quantitative estimate of drug-likeness (QED) is 0.626. The highest BCUT2D eigenvalue weighted by molar-refractivity contribution is 5.89. The molecule has 0 saturated heterocycles. The number of aromatic nitrogens is 3. The van der Waals surface area contributed by atoms with Crippen LogP contribution >= 0.6 is 0 Å². The first-order valence-corrected chi connectivity index (χ1v) is 9.61. The summed E-state index contributed by atoms with van der Waals surface area (Å²) in [5, 5.41) is 5.75. The van der Waals surface area contributed by atoms with Crippen molar-refractivity contribution >= 4 is 16.5 Å². The van der Waals surface area contributed by atoms with Gasteiger partial charge in [0.2, 0.25) is 0 Å². The number of hydrogen-bond acceptors (Lipinski definition) is 2. The van der Waals surface area contributed by atoms with Gasteiger partial charge in [-0.1, -0.05) is 50.0 Å². The highest BCUT2D eigenvalue weighted by Gasteiger charge is 2.16. The Bertz CT molecular complexity index is 1230. The van der Waals surface area contributed by atoms with Crippen LogP contribution in [0.2, 0.25) is 0 Å². The summed E-state index contributed by atoms with van der Waals surface area (Å²) in [6, 6.07) is 7.99. The molecule has 28 heavy (non-hydrogen) atoms. The fraction of sp³-hybridized carbons (Fsp3) is 0.250. The molecule has 0 amide bonds. The second-order valence-corrected chi connectivity index (χ2v) is 7.40. The van der Waals surface area contributed by atoms with E-state index in [1.807, 2.05) is 42.1 Å². The van der Waals surface area contributed by atoms with Gasteiger partial charge in [-0.25, -0.2) is 0 Å².